The van der Waals surface area contributed by atoms with Crippen molar-refractivity contribution in [1.82, 2.24) is 24.1 Å². The molecule has 1 aromatic carbocycles. The number of benzene rings is 1. The molecule has 0 radical (unpaired) electrons. The van der Waals surface area contributed by atoms with Gasteiger partial charge in [0.1, 0.15) is 17.2 Å². The summed E-state index contributed by atoms with van der Waals surface area (Å²) in [4.78, 5) is 25.3. The summed E-state index contributed by atoms with van der Waals surface area (Å²) in [6, 6.07) is 3.91. The predicted molar refractivity (Wildman–Crippen MR) is 101 cm³/mol. The lowest BCUT2D eigenvalue weighted by Crippen LogP contribution is -2.40. The molecular weight excluding hydrogens is 409 g/mol. The Hall–Kier alpha value is -2.44. The Bertz CT molecular complexity index is 1280. The Morgan fingerprint density at radius 1 is 1.32 bits per heavy atom. The van der Waals surface area contributed by atoms with E-state index in [1.54, 1.807) is 0 Å². The topological polar surface area (TPSA) is 116 Å². The van der Waals surface area contributed by atoms with Crippen LogP contribution < -0.4 is 16.0 Å². The van der Waals surface area contributed by atoms with Crippen LogP contribution in [0, 0.1) is 0 Å². The molecule has 0 bridgehead atoms. The molecule has 1 fully saturated rings. The summed E-state index contributed by atoms with van der Waals surface area (Å²) in [5.41, 5.74) is -0.433. The fourth-order valence-corrected chi connectivity index (χ4v) is 4.94. The van der Waals surface area contributed by atoms with Crippen molar-refractivity contribution in [2.75, 3.05) is 6.67 Å². The third kappa shape index (κ3) is 3.16. The van der Waals surface area contributed by atoms with Gasteiger partial charge >= 0.3 is 5.69 Å². The van der Waals surface area contributed by atoms with Gasteiger partial charge in [0, 0.05) is 7.05 Å². The second kappa shape index (κ2) is 6.57. The van der Waals surface area contributed by atoms with Crippen LogP contribution in [0.25, 0.3) is 10.9 Å². The molecule has 2 heterocycles. The van der Waals surface area contributed by atoms with E-state index in [0.29, 0.717) is 23.4 Å². The number of nitrogens with one attached hydrogen (secondary N) is 1. The van der Waals surface area contributed by atoms with Crippen LogP contribution in [0.3, 0.4) is 0 Å². The average molecular weight is 425 g/mol. The Morgan fingerprint density at radius 2 is 2.07 bits per heavy atom. The van der Waals surface area contributed by atoms with Crippen LogP contribution in [0.4, 0.5) is 4.39 Å². The molecule has 3 aromatic rings. The van der Waals surface area contributed by atoms with Crippen molar-refractivity contribution in [2.45, 2.75) is 29.8 Å². The molecule has 2 aromatic heterocycles. The standard InChI is InChI=1S/C16H16FN5O4S2/c1-21-12-3-2-10(28(25,26)20-16(8-17)4-5-16)6-11(12)14(23)22(15(21)24)7-13-19-18-9-27-13/h2-3,6,9,20H,4-5,7-8H2,1H3. The summed E-state index contributed by atoms with van der Waals surface area (Å²) in [7, 11) is -2.51. The smallest absolute Gasteiger partial charge is 0.296 e. The zero-order valence-electron chi connectivity index (χ0n) is 14.8. The number of hydrogen-bond acceptors (Lipinski definition) is 7. The van der Waals surface area contributed by atoms with E-state index in [2.05, 4.69) is 14.9 Å². The maximum absolute atomic E-state index is 13.1. The van der Waals surface area contributed by atoms with Gasteiger partial charge in [-0.05, 0) is 31.0 Å². The van der Waals surface area contributed by atoms with E-state index in [4.69, 9.17) is 0 Å². The van der Waals surface area contributed by atoms with Gasteiger partial charge in [-0.3, -0.25) is 13.9 Å². The minimum Gasteiger partial charge on any atom is -0.296 e. The number of fused-ring (bicyclic) bond motifs is 1. The van der Waals surface area contributed by atoms with Crippen LogP contribution in [0.1, 0.15) is 17.8 Å². The van der Waals surface area contributed by atoms with E-state index in [1.165, 1.54) is 46.7 Å². The molecule has 1 saturated carbocycles. The van der Waals surface area contributed by atoms with Gasteiger partial charge < -0.3 is 0 Å². The summed E-state index contributed by atoms with van der Waals surface area (Å²) in [6.07, 6.45) is 0.860. The molecule has 1 aliphatic rings. The monoisotopic (exact) mass is 425 g/mol. The van der Waals surface area contributed by atoms with Gasteiger partial charge in [0.15, 0.2) is 0 Å². The van der Waals surface area contributed by atoms with Crippen LogP contribution in [0.2, 0.25) is 0 Å². The Balaban J connectivity index is 1.85. The van der Waals surface area contributed by atoms with Crippen molar-refractivity contribution in [1.29, 1.82) is 0 Å². The molecule has 1 aliphatic carbocycles. The first kappa shape index (κ1) is 18.9. The maximum atomic E-state index is 13.1. The second-order valence-electron chi connectivity index (χ2n) is 6.76. The van der Waals surface area contributed by atoms with Crippen LogP contribution in [-0.4, -0.2) is 40.0 Å². The largest absolute Gasteiger partial charge is 0.331 e. The number of hydrogen-bond donors (Lipinski definition) is 1. The third-order valence-electron chi connectivity index (χ3n) is 4.79. The fourth-order valence-electron chi connectivity index (χ4n) is 2.96. The molecule has 0 amide bonds. The summed E-state index contributed by atoms with van der Waals surface area (Å²) in [6.45, 7) is -0.852. The average Bonchev–Trinajstić information content (AvgIpc) is 3.24. The van der Waals surface area contributed by atoms with Gasteiger partial charge in [-0.2, -0.15) is 0 Å². The molecule has 148 valence electrons. The Kier molecular flexibility index (Phi) is 4.43. The molecule has 1 N–H and O–H groups in total. The van der Waals surface area contributed by atoms with E-state index in [-0.39, 0.29) is 16.8 Å². The van der Waals surface area contributed by atoms with Crippen LogP contribution in [-0.2, 0) is 23.6 Å². The minimum atomic E-state index is -4.01. The first-order valence-electron chi connectivity index (χ1n) is 8.35. The zero-order valence-corrected chi connectivity index (χ0v) is 16.4. The Labute approximate surface area is 162 Å². The number of alkyl halides is 1. The number of aromatic nitrogens is 4. The maximum Gasteiger partial charge on any atom is 0.331 e. The van der Waals surface area contributed by atoms with Crippen molar-refractivity contribution >= 4 is 32.3 Å². The second-order valence-corrected chi connectivity index (χ2v) is 9.36. The summed E-state index contributed by atoms with van der Waals surface area (Å²) in [5.74, 6) is 0. The molecule has 4 rings (SSSR count). The number of sulfonamides is 1. The van der Waals surface area contributed by atoms with Crippen molar-refractivity contribution in [3.63, 3.8) is 0 Å². The first-order valence-corrected chi connectivity index (χ1v) is 10.7. The van der Waals surface area contributed by atoms with E-state index in [9.17, 15) is 22.4 Å². The van der Waals surface area contributed by atoms with E-state index >= 15 is 0 Å². The minimum absolute atomic E-state index is 0.0632. The predicted octanol–water partition coefficient (Wildman–Crippen LogP) is 0.380. The summed E-state index contributed by atoms with van der Waals surface area (Å²) in [5, 5.41) is 8.06. The molecule has 0 spiro atoms. The molecule has 0 unspecified atom stereocenters. The van der Waals surface area contributed by atoms with E-state index in [1.807, 2.05) is 0 Å². The lowest BCUT2D eigenvalue weighted by molar-refractivity contribution is 0.393. The number of nitrogens with zero attached hydrogens (tertiary/aromatic N) is 4. The molecule has 0 aliphatic heterocycles. The number of rotatable bonds is 6. The number of aryl methyl sites for hydroxylation is 1. The molecule has 9 nitrogen and oxygen atoms in total. The van der Waals surface area contributed by atoms with Crippen molar-refractivity contribution in [3.8, 4) is 0 Å². The fraction of sp³-hybridized carbons (Fsp3) is 0.375. The highest BCUT2D eigenvalue weighted by atomic mass is 32.2. The van der Waals surface area contributed by atoms with E-state index < -0.39 is 33.5 Å². The lowest BCUT2D eigenvalue weighted by atomic mass is 10.2. The van der Waals surface area contributed by atoms with Crippen LogP contribution in [0.15, 0.2) is 38.2 Å². The summed E-state index contributed by atoms with van der Waals surface area (Å²) < 4.78 is 43.0. The highest BCUT2D eigenvalue weighted by Crippen LogP contribution is 2.37. The van der Waals surface area contributed by atoms with Gasteiger partial charge in [-0.15, -0.1) is 21.5 Å². The van der Waals surface area contributed by atoms with Crippen LogP contribution >= 0.6 is 11.3 Å². The first-order chi connectivity index (χ1) is 13.3. The zero-order chi connectivity index (χ0) is 20.1. The van der Waals surface area contributed by atoms with Crippen molar-refractivity contribution in [3.05, 3.63) is 49.6 Å². The highest BCUT2D eigenvalue weighted by Gasteiger charge is 2.46. The van der Waals surface area contributed by atoms with Gasteiger partial charge in [0.25, 0.3) is 5.56 Å². The van der Waals surface area contributed by atoms with Crippen molar-refractivity contribution < 1.29 is 12.8 Å². The van der Waals surface area contributed by atoms with E-state index in [0.717, 1.165) is 4.57 Å². The van der Waals surface area contributed by atoms with Crippen LogP contribution in [0.5, 0.6) is 0 Å². The quantitative estimate of drug-likeness (QED) is 0.610. The molecule has 12 heteroatoms. The Morgan fingerprint density at radius 3 is 2.68 bits per heavy atom. The van der Waals surface area contributed by atoms with Crippen molar-refractivity contribution in [2.24, 2.45) is 7.05 Å². The molecule has 0 saturated heterocycles. The molecule has 28 heavy (non-hydrogen) atoms. The van der Waals surface area contributed by atoms with Gasteiger partial charge in [0.05, 0.1) is 27.9 Å². The van der Waals surface area contributed by atoms with Gasteiger partial charge in [0.2, 0.25) is 10.0 Å². The molecular formula is C16H16FN5O4S2. The van der Waals surface area contributed by atoms with Gasteiger partial charge in [-0.25, -0.2) is 22.3 Å². The highest BCUT2D eigenvalue weighted by molar-refractivity contribution is 7.89. The SMILES string of the molecule is Cn1c(=O)n(Cc2nncs2)c(=O)c2cc(S(=O)(=O)NC3(CF)CC3)ccc21. The molecule has 0 atom stereocenters. The van der Waals surface area contributed by atoms with Gasteiger partial charge in [-0.1, -0.05) is 0 Å². The number of halogens is 1. The third-order valence-corrected chi connectivity index (χ3v) is 7.05. The summed E-state index contributed by atoms with van der Waals surface area (Å²) >= 11 is 1.20. The normalized spacial score (nSPS) is 15.8. The lowest BCUT2D eigenvalue weighted by Gasteiger charge is -2.15.